The van der Waals surface area contributed by atoms with Gasteiger partial charge in [-0.3, -0.25) is 0 Å². The number of azide groups is 1. The zero-order chi connectivity index (χ0) is 9.68. The first-order valence-corrected chi connectivity index (χ1v) is 3.41. The zero-order valence-corrected chi connectivity index (χ0v) is 6.57. The normalized spacial score (nSPS) is 9.23. The van der Waals surface area contributed by atoms with E-state index in [9.17, 15) is 10.1 Å². The molecule has 0 N–H and O–H groups in total. The predicted octanol–water partition coefficient (Wildman–Crippen LogP) is 1.10. The van der Waals surface area contributed by atoms with Crippen molar-refractivity contribution in [3.05, 3.63) is 33.1 Å². The third kappa shape index (κ3) is 2.17. The van der Waals surface area contributed by atoms with E-state index >= 15 is 0 Å². The minimum Gasteiger partial charge on any atom is -0.358 e. The van der Waals surface area contributed by atoms with E-state index in [1.165, 1.54) is 10.9 Å². The lowest BCUT2D eigenvalue weighted by Crippen LogP contribution is -2.03. The van der Waals surface area contributed by atoms with Crippen LogP contribution in [0.25, 0.3) is 10.4 Å². The SMILES string of the molecule is [N-]=[N+]=NCCn1cncc1[N+](=O)[O-]. The van der Waals surface area contributed by atoms with Crippen molar-refractivity contribution in [2.45, 2.75) is 6.54 Å². The van der Waals surface area contributed by atoms with Crippen molar-refractivity contribution in [2.24, 2.45) is 5.11 Å². The number of nitro groups is 1. The third-order valence-corrected chi connectivity index (χ3v) is 1.38. The molecule has 8 nitrogen and oxygen atoms in total. The van der Waals surface area contributed by atoms with Gasteiger partial charge < -0.3 is 10.1 Å². The standard InChI is InChI=1S/C5H6N6O2/c6-9-8-1-2-10-4-7-3-5(10)11(12)13/h3-4H,1-2H2. The molecule has 1 aromatic heterocycles. The highest BCUT2D eigenvalue weighted by Crippen LogP contribution is 2.08. The monoisotopic (exact) mass is 182 g/mol. The lowest BCUT2D eigenvalue weighted by Gasteiger charge is -1.96. The largest absolute Gasteiger partial charge is 0.358 e. The topological polar surface area (TPSA) is 110 Å². The minimum absolute atomic E-state index is 0.104. The second-order valence-electron chi connectivity index (χ2n) is 2.16. The fraction of sp³-hybridized carbons (Fsp3) is 0.400. The van der Waals surface area contributed by atoms with Crippen molar-refractivity contribution < 1.29 is 4.92 Å². The van der Waals surface area contributed by atoms with Gasteiger partial charge >= 0.3 is 5.82 Å². The second kappa shape index (κ2) is 4.07. The quantitative estimate of drug-likeness (QED) is 0.228. The second-order valence-corrected chi connectivity index (χ2v) is 2.16. The molecule has 0 unspecified atom stereocenters. The van der Waals surface area contributed by atoms with Crippen LogP contribution < -0.4 is 0 Å². The maximum atomic E-state index is 10.4. The van der Waals surface area contributed by atoms with Crippen LogP contribution >= 0.6 is 0 Å². The fourth-order valence-electron chi connectivity index (χ4n) is 0.835. The molecule has 8 heteroatoms. The number of imidazole rings is 1. The summed E-state index contributed by atoms with van der Waals surface area (Å²) < 4.78 is 1.31. The van der Waals surface area contributed by atoms with Gasteiger partial charge in [-0.25, -0.2) is 9.55 Å². The Hall–Kier alpha value is -2.08. The molecule has 0 fully saturated rings. The average molecular weight is 182 g/mol. The van der Waals surface area contributed by atoms with E-state index in [1.807, 2.05) is 0 Å². The molecular weight excluding hydrogens is 176 g/mol. The van der Waals surface area contributed by atoms with Crippen LogP contribution in [0.5, 0.6) is 0 Å². The van der Waals surface area contributed by atoms with Crippen molar-refractivity contribution in [3.8, 4) is 0 Å². The predicted molar refractivity (Wildman–Crippen MR) is 42.9 cm³/mol. The highest BCUT2D eigenvalue weighted by molar-refractivity contribution is 5.14. The van der Waals surface area contributed by atoms with Gasteiger partial charge in [-0.05, 0) is 10.5 Å². The molecule has 0 aliphatic rings. The van der Waals surface area contributed by atoms with E-state index in [-0.39, 0.29) is 18.9 Å². The number of rotatable bonds is 4. The molecule has 0 amide bonds. The van der Waals surface area contributed by atoms with E-state index in [0.29, 0.717) is 0 Å². The van der Waals surface area contributed by atoms with Gasteiger partial charge in [0.2, 0.25) is 0 Å². The van der Waals surface area contributed by atoms with Crippen LogP contribution in [0, 0.1) is 10.1 Å². The summed E-state index contributed by atoms with van der Waals surface area (Å²) >= 11 is 0. The Morgan fingerprint density at radius 1 is 1.85 bits per heavy atom. The first-order valence-electron chi connectivity index (χ1n) is 3.41. The Morgan fingerprint density at radius 3 is 3.23 bits per heavy atom. The van der Waals surface area contributed by atoms with Crippen LogP contribution in [0.15, 0.2) is 17.6 Å². The number of aromatic nitrogens is 2. The Morgan fingerprint density at radius 2 is 2.62 bits per heavy atom. The molecule has 0 aromatic carbocycles. The Bertz CT molecular complexity index is 352. The molecule has 1 rings (SSSR count). The van der Waals surface area contributed by atoms with E-state index in [1.54, 1.807) is 0 Å². The average Bonchev–Trinajstić information content (AvgIpc) is 2.53. The molecule has 0 atom stereocenters. The van der Waals surface area contributed by atoms with Gasteiger partial charge in [-0.1, -0.05) is 5.11 Å². The van der Waals surface area contributed by atoms with E-state index in [2.05, 4.69) is 15.0 Å². The molecule has 1 aromatic rings. The first kappa shape index (κ1) is 9.01. The van der Waals surface area contributed by atoms with Crippen molar-refractivity contribution in [1.82, 2.24) is 9.55 Å². The van der Waals surface area contributed by atoms with Crippen LogP contribution in [0.4, 0.5) is 5.82 Å². The van der Waals surface area contributed by atoms with Gasteiger partial charge in [0, 0.05) is 4.91 Å². The molecule has 0 aliphatic heterocycles. The summed E-state index contributed by atoms with van der Waals surface area (Å²) in [6.45, 7) is 0.439. The zero-order valence-electron chi connectivity index (χ0n) is 6.57. The van der Waals surface area contributed by atoms with E-state index < -0.39 is 4.92 Å². The minimum atomic E-state index is -0.539. The van der Waals surface area contributed by atoms with Gasteiger partial charge in [0.1, 0.15) is 6.20 Å². The van der Waals surface area contributed by atoms with Crippen LogP contribution in [-0.4, -0.2) is 21.0 Å². The van der Waals surface area contributed by atoms with Gasteiger partial charge in [0.25, 0.3) is 0 Å². The lowest BCUT2D eigenvalue weighted by molar-refractivity contribution is -0.392. The van der Waals surface area contributed by atoms with Crippen molar-refractivity contribution in [3.63, 3.8) is 0 Å². The van der Waals surface area contributed by atoms with E-state index in [0.717, 1.165) is 6.20 Å². The van der Waals surface area contributed by atoms with Gasteiger partial charge in [0.15, 0.2) is 6.33 Å². The molecule has 68 valence electrons. The number of hydrogen-bond donors (Lipinski definition) is 0. The molecule has 0 spiro atoms. The third-order valence-electron chi connectivity index (χ3n) is 1.38. The lowest BCUT2D eigenvalue weighted by atomic mass is 10.6. The molecule has 0 saturated carbocycles. The van der Waals surface area contributed by atoms with Crippen molar-refractivity contribution in [2.75, 3.05) is 6.54 Å². The van der Waals surface area contributed by atoms with Crippen LogP contribution in [0.2, 0.25) is 0 Å². The molecule has 0 bridgehead atoms. The highest BCUT2D eigenvalue weighted by atomic mass is 16.6. The molecule has 1 heterocycles. The summed E-state index contributed by atoms with van der Waals surface area (Å²) in [6, 6.07) is 0. The van der Waals surface area contributed by atoms with Crippen molar-refractivity contribution in [1.29, 1.82) is 0 Å². The summed E-state index contributed by atoms with van der Waals surface area (Å²) in [5.41, 5.74) is 7.97. The molecule has 0 saturated heterocycles. The number of nitrogens with zero attached hydrogens (tertiary/aromatic N) is 6. The Balaban J connectivity index is 2.70. The smallest absolute Gasteiger partial charge is 0.342 e. The van der Waals surface area contributed by atoms with Gasteiger partial charge in [-0.15, -0.1) is 0 Å². The highest BCUT2D eigenvalue weighted by Gasteiger charge is 2.11. The molecule has 0 radical (unpaired) electrons. The van der Waals surface area contributed by atoms with Gasteiger partial charge in [0.05, 0.1) is 13.1 Å². The Labute approximate surface area is 72.6 Å². The molecule has 0 aliphatic carbocycles. The van der Waals surface area contributed by atoms with Crippen LogP contribution in [-0.2, 0) is 6.54 Å². The summed E-state index contributed by atoms with van der Waals surface area (Å²) in [7, 11) is 0. The van der Waals surface area contributed by atoms with Crippen molar-refractivity contribution >= 4 is 5.82 Å². The molecule has 13 heavy (non-hydrogen) atoms. The van der Waals surface area contributed by atoms with Gasteiger partial charge in [-0.2, -0.15) is 0 Å². The van der Waals surface area contributed by atoms with Crippen LogP contribution in [0.3, 0.4) is 0 Å². The van der Waals surface area contributed by atoms with Crippen LogP contribution in [0.1, 0.15) is 0 Å². The number of hydrogen-bond acceptors (Lipinski definition) is 4. The molecular formula is C5H6N6O2. The summed E-state index contributed by atoms with van der Waals surface area (Å²) in [6.07, 6.45) is 2.47. The first-order chi connectivity index (χ1) is 6.25. The van der Waals surface area contributed by atoms with E-state index in [4.69, 9.17) is 5.53 Å². The summed E-state index contributed by atoms with van der Waals surface area (Å²) in [5.74, 6) is -0.104. The summed E-state index contributed by atoms with van der Waals surface area (Å²) in [4.78, 5) is 16.0. The maximum absolute atomic E-state index is 10.4. The summed E-state index contributed by atoms with van der Waals surface area (Å²) in [5, 5.41) is 13.6. The maximum Gasteiger partial charge on any atom is 0.342 e. The Kier molecular flexibility index (Phi) is 2.82. The fourth-order valence-corrected chi connectivity index (χ4v) is 0.835.